The predicted octanol–water partition coefficient (Wildman–Crippen LogP) is 3.23. The van der Waals surface area contributed by atoms with Gasteiger partial charge in [0.2, 0.25) is 0 Å². The first-order chi connectivity index (χ1) is 10.9. The van der Waals surface area contributed by atoms with Gasteiger partial charge in [0.1, 0.15) is 5.75 Å². The van der Waals surface area contributed by atoms with Gasteiger partial charge in [-0.2, -0.15) is 18.3 Å². The second kappa shape index (κ2) is 7.44. The molecule has 0 aliphatic heterocycles. The van der Waals surface area contributed by atoms with Crippen molar-refractivity contribution in [3.8, 4) is 5.75 Å². The molecule has 0 aromatic heterocycles. The van der Waals surface area contributed by atoms with Crippen molar-refractivity contribution in [3.05, 3.63) is 65.7 Å². The van der Waals surface area contributed by atoms with E-state index in [-0.39, 0.29) is 12.2 Å². The van der Waals surface area contributed by atoms with Gasteiger partial charge in [0.05, 0.1) is 11.8 Å². The number of ether oxygens (including phenoxy) is 1. The largest absolute Gasteiger partial charge is 0.484 e. The van der Waals surface area contributed by atoms with Gasteiger partial charge in [-0.3, -0.25) is 4.79 Å². The van der Waals surface area contributed by atoms with E-state index in [1.54, 1.807) is 24.3 Å². The van der Waals surface area contributed by atoms with Crippen LogP contribution in [-0.4, -0.2) is 18.7 Å². The van der Waals surface area contributed by atoms with E-state index < -0.39 is 17.6 Å². The number of benzene rings is 2. The van der Waals surface area contributed by atoms with E-state index in [0.717, 1.165) is 18.3 Å². The second-order valence-electron chi connectivity index (χ2n) is 4.52. The third kappa shape index (κ3) is 5.46. The van der Waals surface area contributed by atoms with Crippen molar-refractivity contribution in [2.24, 2.45) is 5.10 Å². The molecule has 7 heteroatoms. The Labute approximate surface area is 130 Å². The third-order valence-corrected chi connectivity index (χ3v) is 2.73. The molecule has 0 saturated heterocycles. The highest BCUT2D eigenvalue weighted by Crippen LogP contribution is 2.29. The second-order valence-corrected chi connectivity index (χ2v) is 4.52. The maximum absolute atomic E-state index is 12.5. The SMILES string of the molecule is O=C(COc1ccccc1)NN=Cc1cccc(C(F)(F)F)c1. The molecule has 0 heterocycles. The summed E-state index contributed by atoms with van der Waals surface area (Å²) in [5.74, 6) is 0.0154. The van der Waals surface area contributed by atoms with Crippen molar-refractivity contribution in [1.82, 2.24) is 5.43 Å². The average molecular weight is 322 g/mol. The topological polar surface area (TPSA) is 50.7 Å². The van der Waals surface area contributed by atoms with Gasteiger partial charge in [0, 0.05) is 0 Å². The van der Waals surface area contributed by atoms with E-state index in [1.165, 1.54) is 12.1 Å². The molecule has 1 N–H and O–H groups in total. The van der Waals surface area contributed by atoms with Crippen molar-refractivity contribution in [2.45, 2.75) is 6.18 Å². The van der Waals surface area contributed by atoms with Crippen molar-refractivity contribution in [1.29, 1.82) is 0 Å². The van der Waals surface area contributed by atoms with Gasteiger partial charge in [-0.1, -0.05) is 30.3 Å². The molecule has 0 radical (unpaired) electrons. The lowest BCUT2D eigenvalue weighted by Crippen LogP contribution is -2.24. The number of rotatable bonds is 5. The molecule has 0 unspecified atom stereocenters. The predicted molar refractivity (Wildman–Crippen MR) is 79.1 cm³/mol. The third-order valence-electron chi connectivity index (χ3n) is 2.73. The average Bonchev–Trinajstić information content (AvgIpc) is 2.53. The zero-order chi connectivity index (χ0) is 16.7. The van der Waals surface area contributed by atoms with Crippen LogP contribution >= 0.6 is 0 Å². The first kappa shape index (κ1) is 16.5. The van der Waals surface area contributed by atoms with Crippen LogP contribution < -0.4 is 10.2 Å². The number of nitrogens with one attached hydrogen (secondary N) is 1. The molecule has 0 fully saturated rings. The summed E-state index contributed by atoms with van der Waals surface area (Å²) in [7, 11) is 0. The van der Waals surface area contributed by atoms with Crippen molar-refractivity contribution in [2.75, 3.05) is 6.61 Å². The number of halogens is 3. The van der Waals surface area contributed by atoms with Crippen molar-refractivity contribution in [3.63, 3.8) is 0 Å². The standard InChI is InChI=1S/C16H13F3N2O2/c17-16(18,19)13-6-4-5-12(9-13)10-20-21-15(22)11-23-14-7-2-1-3-8-14/h1-10H,11H2,(H,21,22). The number of carbonyl (C=O) groups is 1. The highest BCUT2D eigenvalue weighted by molar-refractivity contribution is 5.83. The van der Waals surface area contributed by atoms with Crippen LogP contribution in [0.15, 0.2) is 59.7 Å². The number of nitrogens with zero attached hydrogens (tertiary/aromatic N) is 1. The number of hydrogen-bond donors (Lipinski definition) is 1. The Balaban J connectivity index is 1.85. The fourth-order valence-corrected chi connectivity index (χ4v) is 1.67. The molecule has 0 aliphatic carbocycles. The van der Waals surface area contributed by atoms with Crippen LogP contribution in [0.3, 0.4) is 0 Å². The molecule has 0 saturated carbocycles. The first-order valence-corrected chi connectivity index (χ1v) is 6.62. The van der Waals surface area contributed by atoms with Gasteiger partial charge >= 0.3 is 6.18 Å². The number of amides is 1. The summed E-state index contributed by atoms with van der Waals surface area (Å²) in [5.41, 5.74) is 1.63. The molecule has 120 valence electrons. The van der Waals surface area contributed by atoms with Gasteiger partial charge in [-0.15, -0.1) is 0 Å². The smallest absolute Gasteiger partial charge is 0.416 e. The molecule has 2 rings (SSSR count). The van der Waals surface area contributed by atoms with E-state index >= 15 is 0 Å². The molecule has 2 aromatic rings. The Morgan fingerprint density at radius 3 is 2.57 bits per heavy atom. The maximum atomic E-state index is 12.5. The van der Waals surface area contributed by atoms with Crippen molar-refractivity contribution < 1.29 is 22.7 Å². The Morgan fingerprint density at radius 2 is 1.87 bits per heavy atom. The van der Waals surface area contributed by atoms with Crippen LogP contribution in [0.1, 0.15) is 11.1 Å². The molecule has 0 spiro atoms. The molecule has 0 aliphatic rings. The van der Waals surface area contributed by atoms with Gasteiger partial charge in [-0.25, -0.2) is 5.43 Å². The fraction of sp³-hybridized carbons (Fsp3) is 0.125. The summed E-state index contributed by atoms with van der Waals surface area (Å²) in [6.45, 7) is -0.246. The van der Waals surface area contributed by atoms with E-state index in [2.05, 4.69) is 10.5 Å². The summed E-state index contributed by atoms with van der Waals surface area (Å²) in [4.78, 5) is 11.5. The number of alkyl halides is 3. The molecule has 4 nitrogen and oxygen atoms in total. The lowest BCUT2D eigenvalue weighted by molar-refractivity contribution is -0.137. The summed E-state index contributed by atoms with van der Waals surface area (Å²) in [6, 6.07) is 13.3. The van der Waals surface area contributed by atoms with E-state index in [4.69, 9.17) is 4.74 Å². The Hall–Kier alpha value is -2.83. The maximum Gasteiger partial charge on any atom is 0.416 e. The van der Waals surface area contributed by atoms with Gasteiger partial charge in [-0.05, 0) is 29.8 Å². The number of hydrazone groups is 1. The minimum atomic E-state index is -4.42. The van der Waals surface area contributed by atoms with Crippen LogP contribution in [0, 0.1) is 0 Å². The molecule has 23 heavy (non-hydrogen) atoms. The summed E-state index contributed by atoms with van der Waals surface area (Å²) < 4.78 is 42.8. The molecule has 0 bridgehead atoms. The first-order valence-electron chi connectivity index (χ1n) is 6.62. The summed E-state index contributed by atoms with van der Waals surface area (Å²) in [6.07, 6.45) is -3.29. The fourth-order valence-electron chi connectivity index (χ4n) is 1.67. The van der Waals surface area contributed by atoms with E-state index in [9.17, 15) is 18.0 Å². The normalized spacial score (nSPS) is 11.4. The van der Waals surface area contributed by atoms with Gasteiger partial charge in [0.25, 0.3) is 5.91 Å². The molecular formula is C16H13F3N2O2. The van der Waals surface area contributed by atoms with Crippen LogP contribution in [0.5, 0.6) is 5.75 Å². The zero-order valence-corrected chi connectivity index (χ0v) is 11.9. The van der Waals surface area contributed by atoms with Crippen LogP contribution in [0.2, 0.25) is 0 Å². The van der Waals surface area contributed by atoms with Crippen LogP contribution in [0.25, 0.3) is 0 Å². The minimum Gasteiger partial charge on any atom is -0.484 e. The van der Waals surface area contributed by atoms with Crippen LogP contribution in [-0.2, 0) is 11.0 Å². The van der Waals surface area contributed by atoms with Gasteiger partial charge in [0.15, 0.2) is 6.61 Å². The number of carbonyl (C=O) groups excluding carboxylic acids is 1. The van der Waals surface area contributed by atoms with Gasteiger partial charge < -0.3 is 4.74 Å². The van der Waals surface area contributed by atoms with Crippen LogP contribution in [0.4, 0.5) is 13.2 Å². The summed E-state index contributed by atoms with van der Waals surface area (Å²) >= 11 is 0. The molecular weight excluding hydrogens is 309 g/mol. The Morgan fingerprint density at radius 1 is 1.13 bits per heavy atom. The monoisotopic (exact) mass is 322 g/mol. The Bertz CT molecular complexity index is 685. The Kier molecular flexibility index (Phi) is 5.35. The number of para-hydroxylation sites is 1. The highest BCUT2D eigenvalue weighted by Gasteiger charge is 2.30. The van der Waals surface area contributed by atoms with E-state index in [1.807, 2.05) is 6.07 Å². The lowest BCUT2D eigenvalue weighted by atomic mass is 10.1. The molecule has 1 amide bonds. The number of hydrogen-bond acceptors (Lipinski definition) is 3. The zero-order valence-electron chi connectivity index (χ0n) is 11.9. The van der Waals surface area contributed by atoms with Crippen molar-refractivity contribution >= 4 is 12.1 Å². The minimum absolute atomic E-state index is 0.226. The lowest BCUT2D eigenvalue weighted by Gasteiger charge is -2.06. The molecule has 0 atom stereocenters. The highest BCUT2D eigenvalue weighted by atomic mass is 19.4. The molecule has 2 aromatic carbocycles. The summed E-state index contributed by atoms with van der Waals surface area (Å²) in [5, 5.41) is 3.61. The van der Waals surface area contributed by atoms with E-state index in [0.29, 0.717) is 5.75 Å². The quantitative estimate of drug-likeness (QED) is 0.679.